The highest BCUT2D eigenvalue weighted by Gasteiger charge is 2.38. The molecule has 0 heterocycles. The molecule has 0 aliphatic heterocycles. The molecular weight excluding hydrogens is 256 g/mol. The lowest BCUT2D eigenvalue weighted by Crippen LogP contribution is -2.25. The van der Waals surface area contributed by atoms with Crippen LogP contribution in [-0.4, -0.2) is 23.9 Å². The number of rotatable bonds is 4. The summed E-state index contributed by atoms with van der Waals surface area (Å²) in [4.78, 5) is 12.1. The lowest BCUT2D eigenvalue weighted by Gasteiger charge is -2.28. The molecule has 1 rings (SSSR count). The molecule has 0 unspecified atom stereocenters. The average molecular weight is 272 g/mol. The fourth-order valence-electron chi connectivity index (χ4n) is 1.51. The normalized spacial score (nSPS) is 11.5. The Kier molecular flexibility index (Phi) is 5.28. The van der Waals surface area contributed by atoms with E-state index >= 15 is 0 Å². The van der Waals surface area contributed by atoms with E-state index in [0.29, 0.717) is 0 Å². The summed E-state index contributed by atoms with van der Waals surface area (Å²) >= 11 is 4.50. The van der Waals surface area contributed by atoms with Crippen LogP contribution < -0.4 is 0 Å². The summed E-state index contributed by atoms with van der Waals surface area (Å²) in [5.41, 5.74) is 2.30. The summed E-state index contributed by atoms with van der Waals surface area (Å²) in [5.74, 6) is 0. The molecule has 0 aliphatic rings. The lowest BCUT2D eigenvalue weighted by molar-refractivity contribution is -0.111. The van der Waals surface area contributed by atoms with Gasteiger partial charge in [0.05, 0.1) is 0 Å². The molecule has 0 fully saturated rings. The van der Waals surface area contributed by atoms with Crippen molar-refractivity contribution in [3.05, 3.63) is 35.4 Å². The Hall–Kier alpha value is -0.0600. The minimum absolute atomic E-state index is 0.205. The van der Waals surface area contributed by atoms with Gasteiger partial charge in [-0.25, -0.2) is 0 Å². The lowest BCUT2D eigenvalue weighted by atomic mass is 10.1. The highest BCUT2D eigenvalue weighted by Crippen LogP contribution is 2.47. The van der Waals surface area contributed by atoms with Gasteiger partial charge in [-0.1, -0.05) is 41.6 Å². The number of carbonyl (C=O) groups is 1. The van der Waals surface area contributed by atoms with Gasteiger partial charge < -0.3 is 0 Å². The van der Waals surface area contributed by atoms with Gasteiger partial charge in [0, 0.05) is 0 Å². The van der Waals surface area contributed by atoms with Crippen molar-refractivity contribution < 1.29 is 4.79 Å². The van der Waals surface area contributed by atoms with Gasteiger partial charge in [-0.05, 0) is 31.3 Å². The molecule has 0 N–H and O–H groups in total. The van der Waals surface area contributed by atoms with E-state index < -0.39 is 4.08 Å². The van der Waals surface area contributed by atoms with E-state index in [2.05, 4.69) is 31.2 Å². The molecule has 0 spiro atoms. The molecule has 0 bridgehead atoms. The molecule has 0 saturated carbocycles. The highest BCUT2D eigenvalue weighted by molar-refractivity contribution is 8.23. The number of benzene rings is 1. The Morgan fingerprint density at radius 1 is 1.06 bits per heavy atom. The number of aryl methyl sites for hydroxylation is 1. The largest absolute Gasteiger partial charge is 0.284 e. The van der Waals surface area contributed by atoms with Gasteiger partial charge in [0.2, 0.25) is 5.12 Å². The van der Waals surface area contributed by atoms with Crippen molar-refractivity contribution in [3.63, 3.8) is 0 Å². The summed E-state index contributed by atoms with van der Waals surface area (Å²) in [5, 5.41) is 0.205. The zero-order valence-corrected chi connectivity index (χ0v) is 12.4. The molecule has 88 valence electrons. The predicted molar refractivity (Wildman–Crippen MR) is 78.4 cm³/mol. The SMILES string of the molecule is CSC(=O)C(SC)(SC)c1ccc(C)cc1. The Balaban J connectivity index is 3.20. The minimum Gasteiger partial charge on any atom is -0.284 e. The van der Waals surface area contributed by atoms with Crippen molar-refractivity contribution in [2.45, 2.75) is 11.0 Å². The first-order valence-corrected chi connectivity index (χ1v) is 8.54. The Labute approximate surface area is 110 Å². The van der Waals surface area contributed by atoms with E-state index in [9.17, 15) is 4.79 Å². The van der Waals surface area contributed by atoms with E-state index in [4.69, 9.17) is 0 Å². The van der Waals surface area contributed by atoms with Crippen LogP contribution in [-0.2, 0) is 8.87 Å². The third-order valence-corrected chi connectivity index (χ3v) is 6.39. The second-order valence-electron chi connectivity index (χ2n) is 3.38. The molecule has 0 saturated heterocycles. The van der Waals surface area contributed by atoms with Crippen LogP contribution in [0.15, 0.2) is 24.3 Å². The number of hydrogen-bond donors (Lipinski definition) is 0. The Morgan fingerprint density at radius 2 is 1.56 bits per heavy atom. The molecular formula is C12H16OS3. The zero-order chi connectivity index (χ0) is 12.2. The first-order valence-electron chi connectivity index (χ1n) is 4.86. The van der Waals surface area contributed by atoms with Gasteiger partial charge in [-0.3, -0.25) is 4.79 Å². The van der Waals surface area contributed by atoms with E-state index in [-0.39, 0.29) is 5.12 Å². The van der Waals surface area contributed by atoms with Gasteiger partial charge in [-0.15, -0.1) is 23.5 Å². The molecule has 0 radical (unpaired) electrons. The second-order valence-corrected chi connectivity index (χ2v) is 6.46. The zero-order valence-electron chi connectivity index (χ0n) is 9.94. The maximum Gasteiger partial charge on any atom is 0.219 e. The van der Waals surface area contributed by atoms with Crippen LogP contribution in [0.25, 0.3) is 0 Å². The number of thioether (sulfide) groups is 3. The second kappa shape index (κ2) is 6.03. The fourth-order valence-corrected chi connectivity index (χ4v) is 4.64. The van der Waals surface area contributed by atoms with Crippen molar-refractivity contribution in [1.82, 2.24) is 0 Å². The van der Waals surface area contributed by atoms with Crippen LogP contribution in [0, 0.1) is 6.92 Å². The molecule has 1 aromatic rings. The van der Waals surface area contributed by atoms with E-state index in [1.165, 1.54) is 17.3 Å². The van der Waals surface area contributed by atoms with Crippen LogP contribution in [0.1, 0.15) is 11.1 Å². The first-order chi connectivity index (χ1) is 7.60. The van der Waals surface area contributed by atoms with Crippen molar-refractivity contribution in [2.75, 3.05) is 18.8 Å². The van der Waals surface area contributed by atoms with Gasteiger partial charge in [0.15, 0.2) is 4.08 Å². The fraction of sp³-hybridized carbons (Fsp3) is 0.417. The molecule has 0 atom stereocenters. The monoisotopic (exact) mass is 272 g/mol. The molecule has 0 amide bonds. The molecule has 4 heteroatoms. The standard InChI is InChI=1S/C12H16OS3/c1-9-5-7-10(8-6-9)12(15-3,16-4)11(13)14-2/h5-8H,1-4H3. The smallest absolute Gasteiger partial charge is 0.219 e. The minimum atomic E-state index is -0.465. The van der Waals surface area contributed by atoms with E-state index in [0.717, 1.165) is 5.56 Å². The maximum atomic E-state index is 12.1. The van der Waals surface area contributed by atoms with Crippen molar-refractivity contribution in [1.29, 1.82) is 0 Å². The van der Waals surface area contributed by atoms with Gasteiger partial charge >= 0.3 is 0 Å². The van der Waals surface area contributed by atoms with Crippen LogP contribution in [0.4, 0.5) is 0 Å². The molecule has 16 heavy (non-hydrogen) atoms. The summed E-state index contributed by atoms with van der Waals surface area (Å²) < 4.78 is -0.465. The topological polar surface area (TPSA) is 17.1 Å². The maximum absolute atomic E-state index is 12.1. The van der Waals surface area contributed by atoms with Crippen LogP contribution in [0.2, 0.25) is 0 Å². The van der Waals surface area contributed by atoms with E-state index in [1.54, 1.807) is 23.5 Å². The summed E-state index contributed by atoms with van der Waals surface area (Å²) in [6.07, 6.45) is 5.83. The number of hydrogen-bond acceptors (Lipinski definition) is 4. The van der Waals surface area contributed by atoms with Gasteiger partial charge in [-0.2, -0.15) is 0 Å². The first kappa shape index (κ1) is 14.0. The van der Waals surface area contributed by atoms with E-state index in [1.807, 2.05) is 18.8 Å². The highest BCUT2D eigenvalue weighted by atomic mass is 32.2. The van der Waals surface area contributed by atoms with Gasteiger partial charge in [0.25, 0.3) is 0 Å². The molecule has 1 nitrogen and oxygen atoms in total. The molecule has 0 aliphatic carbocycles. The summed E-state index contributed by atoms with van der Waals surface area (Å²) in [6, 6.07) is 8.22. The average Bonchev–Trinajstić information content (AvgIpc) is 2.33. The quantitative estimate of drug-likeness (QED) is 0.776. The Bertz CT molecular complexity index is 355. The Morgan fingerprint density at radius 3 is 1.94 bits per heavy atom. The predicted octanol–water partition coefficient (Wildman–Crippen LogP) is 3.76. The summed E-state index contributed by atoms with van der Waals surface area (Å²) in [7, 11) is 0. The van der Waals surface area contributed by atoms with Crippen molar-refractivity contribution in [3.8, 4) is 0 Å². The van der Waals surface area contributed by atoms with Crippen LogP contribution in [0.5, 0.6) is 0 Å². The molecule has 1 aromatic carbocycles. The van der Waals surface area contributed by atoms with Crippen molar-refractivity contribution >= 4 is 40.4 Å². The third-order valence-electron chi connectivity index (χ3n) is 2.46. The van der Waals surface area contributed by atoms with Crippen molar-refractivity contribution in [2.24, 2.45) is 0 Å². The van der Waals surface area contributed by atoms with Crippen LogP contribution >= 0.6 is 35.3 Å². The van der Waals surface area contributed by atoms with Gasteiger partial charge in [0.1, 0.15) is 0 Å². The summed E-state index contributed by atoms with van der Waals surface area (Å²) in [6.45, 7) is 2.06. The third kappa shape index (κ3) is 2.60. The van der Waals surface area contributed by atoms with Crippen LogP contribution in [0.3, 0.4) is 0 Å². The number of carbonyl (C=O) groups excluding carboxylic acids is 1. The molecule has 0 aromatic heterocycles.